The van der Waals surface area contributed by atoms with Gasteiger partial charge in [-0.15, -0.1) is 11.3 Å². The van der Waals surface area contributed by atoms with Gasteiger partial charge in [-0.1, -0.05) is 6.92 Å². The van der Waals surface area contributed by atoms with Crippen LogP contribution in [0.3, 0.4) is 0 Å². The lowest BCUT2D eigenvalue weighted by Crippen LogP contribution is -2.46. The van der Waals surface area contributed by atoms with Crippen LogP contribution in [0.25, 0.3) is 0 Å². The van der Waals surface area contributed by atoms with Crippen molar-refractivity contribution < 1.29 is 19.1 Å². The summed E-state index contributed by atoms with van der Waals surface area (Å²) in [5, 5.41) is 5.98. The summed E-state index contributed by atoms with van der Waals surface area (Å²) in [6, 6.07) is 0. The van der Waals surface area contributed by atoms with Gasteiger partial charge >= 0.3 is 5.97 Å². The largest absolute Gasteiger partial charge is 0.463 e. The van der Waals surface area contributed by atoms with Gasteiger partial charge in [0.05, 0.1) is 31.4 Å². The van der Waals surface area contributed by atoms with Crippen LogP contribution in [0.5, 0.6) is 0 Å². The van der Waals surface area contributed by atoms with Crippen LogP contribution in [-0.2, 0) is 19.1 Å². The second-order valence-electron chi connectivity index (χ2n) is 6.88. The number of morpholine rings is 1. The second-order valence-corrected chi connectivity index (χ2v) is 7.78. The van der Waals surface area contributed by atoms with Crippen LogP contribution in [0.1, 0.15) is 25.3 Å². The van der Waals surface area contributed by atoms with Crippen LogP contribution < -0.4 is 5.32 Å². The fraction of sp³-hybridized carbons (Fsp3) is 0.579. The lowest BCUT2D eigenvalue weighted by molar-refractivity contribution is -0.138. The van der Waals surface area contributed by atoms with E-state index in [0.717, 1.165) is 23.5 Å². The molecule has 1 aromatic heterocycles. The van der Waals surface area contributed by atoms with Crippen LogP contribution in [0.4, 0.5) is 0 Å². The second kappa shape index (κ2) is 9.90. The predicted octanol–water partition coefficient (Wildman–Crippen LogP) is 1.24. The molecule has 3 rings (SSSR count). The van der Waals surface area contributed by atoms with Gasteiger partial charge in [-0.3, -0.25) is 9.89 Å². The number of hydrogen-bond acceptors (Lipinski definition) is 9. The summed E-state index contributed by atoms with van der Waals surface area (Å²) in [5.41, 5.74) is 1.34. The first kappa shape index (κ1) is 20.6. The topological polar surface area (TPSA) is 93.1 Å². The van der Waals surface area contributed by atoms with Gasteiger partial charge in [-0.25, -0.2) is 9.78 Å². The summed E-state index contributed by atoms with van der Waals surface area (Å²) in [5.74, 6) is 0.305. The first-order chi connectivity index (χ1) is 13.6. The molecule has 1 N–H and O–H groups in total. The summed E-state index contributed by atoms with van der Waals surface area (Å²) in [6.07, 6.45) is 3.40. The third-order valence-corrected chi connectivity index (χ3v) is 5.44. The normalized spacial score (nSPS) is 21.6. The van der Waals surface area contributed by atoms with Crippen molar-refractivity contribution in [2.24, 2.45) is 10.9 Å². The molecular formula is C19H26N4O4S. The molecule has 0 spiro atoms. The molecular weight excluding hydrogens is 380 g/mol. The fourth-order valence-corrected chi connectivity index (χ4v) is 3.87. The first-order valence-corrected chi connectivity index (χ1v) is 10.4. The highest BCUT2D eigenvalue weighted by Gasteiger charge is 2.28. The Morgan fingerprint density at radius 2 is 2.43 bits per heavy atom. The molecule has 0 saturated carbocycles. The van der Waals surface area contributed by atoms with Crippen molar-refractivity contribution in [2.75, 3.05) is 39.4 Å². The van der Waals surface area contributed by atoms with Gasteiger partial charge in [0.2, 0.25) is 0 Å². The van der Waals surface area contributed by atoms with Gasteiger partial charge < -0.3 is 19.6 Å². The number of aliphatic imine (C=N–C) groups is 1. The third-order valence-electron chi connectivity index (χ3n) is 4.66. The number of esters is 1. The molecule has 8 nitrogen and oxygen atoms in total. The Bertz CT molecular complexity index is 747. The third kappa shape index (κ3) is 5.24. The zero-order chi connectivity index (χ0) is 19.9. The molecule has 9 heteroatoms. The number of rotatable bonds is 8. The zero-order valence-electron chi connectivity index (χ0n) is 16.2. The van der Waals surface area contributed by atoms with Crippen molar-refractivity contribution >= 4 is 29.4 Å². The number of aldehydes is 1. The Labute approximate surface area is 168 Å². The van der Waals surface area contributed by atoms with Crippen LogP contribution in [0, 0.1) is 5.92 Å². The smallest absolute Gasteiger partial charge is 0.337 e. The Hall–Kier alpha value is -2.10. The highest BCUT2D eigenvalue weighted by molar-refractivity contribution is 7.11. The Morgan fingerprint density at radius 3 is 3.14 bits per heavy atom. The van der Waals surface area contributed by atoms with E-state index >= 15 is 0 Å². The summed E-state index contributed by atoms with van der Waals surface area (Å²) < 4.78 is 11.0. The van der Waals surface area contributed by atoms with Crippen LogP contribution in [0.2, 0.25) is 0 Å². The molecule has 1 fully saturated rings. The molecule has 0 aliphatic carbocycles. The molecule has 3 heterocycles. The lowest BCUT2D eigenvalue weighted by atomic mass is 10.0. The minimum absolute atomic E-state index is 0.0104. The van der Waals surface area contributed by atoms with Gasteiger partial charge in [0.25, 0.3) is 0 Å². The Balaban J connectivity index is 1.72. The Morgan fingerprint density at radius 1 is 1.57 bits per heavy atom. The molecule has 2 aliphatic rings. The minimum atomic E-state index is -0.341. The molecule has 2 atom stereocenters. The van der Waals surface area contributed by atoms with Crippen molar-refractivity contribution in [1.29, 1.82) is 0 Å². The summed E-state index contributed by atoms with van der Waals surface area (Å²) in [4.78, 5) is 34.4. The van der Waals surface area contributed by atoms with Crippen LogP contribution in [0.15, 0.2) is 27.8 Å². The van der Waals surface area contributed by atoms with E-state index < -0.39 is 0 Å². The maximum Gasteiger partial charge on any atom is 0.337 e. The highest BCUT2D eigenvalue weighted by Crippen LogP contribution is 2.19. The molecule has 1 unspecified atom stereocenters. The van der Waals surface area contributed by atoms with E-state index in [9.17, 15) is 9.59 Å². The van der Waals surface area contributed by atoms with Gasteiger partial charge in [-0.2, -0.15) is 0 Å². The lowest BCUT2D eigenvalue weighted by Gasteiger charge is -2.35. The number of aromatic nitrogens is 1. The van der Waals surface area contributed by atoms with Gasteiger partial charge in [-0.05, 0) is 13.3 Å². The molecule has 0 radical (unpaired) electrons. The summed E-state index contributed by atoms with van der Waals surface area (Å²) in [7, 11) is 0. The number of nitrogens with one attached hydrogen (secondary N) is 1. The molecule has 0 aromatic carbocycles. The number of hydrogen-bond donors (Lipinski definition) is 1. The first-order valence-electron chi connectivity index (χ1n) is 9.50. The average Bonchev–Trinajstić information content (AvgIpc) is 3.23. The Kier molecular flexibility index (Phi) is 7.30. The van der Waals surface area contributed by atoms with Crippen LogP contribution >= 0.6 is 11.3 Å². The molecule has 0 bridgehead atoms. The maximum absolute atomic E-state index is 12.4. The molecule has 28 heavy (non-hydrogen) atoms. The summed E-state index contributed by atoms with van der Waals surface area (Å²) >= 11 is 1.50. The van der Waals surface area contributed by atoms with E-state index in [1.165, 1.54) is 11.3 Å². The minimum Gasteiger partial charge on any atom is -0.463 e. The molecule has 1 saturated heterocycles. The van der Waals surface area contributed by atoms with Crippen molar-refractivity contribution in [2.45, 2.75) is 26.4 Å². The van der Waals surface area contributed by atoms with E-state index in [2.05, 4.69) is 20.2 Å². The molecule has 1 aromatic rings. The molecule has 2 aliphatic heterocycles. The van der Waals surface area contributed by atoms with Gasteiger partial charge in [0, 0.05) is 42.8 Å². The average molecular weight is 407 g/mol. The van der Waals surface area contributed by atoms with E-state index in [4.69, 9.17) is 9.47 Å². The van der Waals surface area contributed by atoms with E-state index in [1.54, 1.807) is 13.1 Å². The standard InChI is InChI=1S/C19H26N4O4S/c1-3-26-19(25)15-9-21-17(18-20-4-7-28-18)22-16(15)11-23-5-6-27-14(10-23)8-13(2)12-24/h4,7,12-14H,3,5-6,8-11H2,1-2H3,(H,21,22)/t13?,14-/m1/s1. The van der Waals surface area contributed by atoms with Crippen molar-refractivity contribution in [1.82, 2.24) is 15.2 Å². The number of thiazole rings is 1. The highest BCUT2D eigenvalue weighted by atomic mass is 32.1. The fourth-order valence-electron chi connectivity index (χ4n) is 3.27. The van der Waals surface area contributed by atoms with Crippen molar-refractivity contribution in [3.63, 3.8) is 0 Å². The van der Waals surface area contributed by atoms with Gasteiger partial charge in [0.15, 0.2) is 10.8 Å². The number of amidine groups is 1. The van der Waals surface area contributed by atoms with Crippen LogP contribution in [-0.4, -0.2) is 73.5 Å². The van der Waals surface area contributed by atoms with Crippen molar-refractivity contribution in [3.8, 4) is 0 Å². The maximum atomic E-state index is 12.4. The van der Waals surface area contributed by atoms with Crippen molar-refractivity contribution in [3.05, 3.63) is 27.9 Å². The number of nitrogens with zero attached hydrogens (tertiary/aromatic N) is 3. The predicted molar refractivity (Wildman–Crippen MR) is 106 cm³/mol. The van der Waals surface area contributed by atoms with E-state index in [0.29, 0.717) is 44.1 Å². The number of carbonyl (C=O) groups is 2. The zero-order valence-corrected chi connectivity index (χ0v) is 17.0. The van der Waals surface area contributed by atoms with E-state index in [1.807, 2.05) is 12.3 Å². The molecule has 0 amide bonds. The summed E-state index contributed by atoms with van der Waals surface area (Å²) in [6.45, 7) is 6.92. The van der Waals surface area contributed by atoms with E-state index in [-0.39, 0.29) is 24.5 Å². The molecule has 152 valence electrons. The van der Waals surface area contributed by atoms with Gasteiger partial charge in [0.1, 0.15) is 6.29 Å². The number of ether oxygens (including phenoxy) is 2. The number of carbonyl (C=O) groups excluding carboxylic acids is 2. The quantitative estimate of drug-likeness (QED) is 0.513. The SMILES string of the molecule is CCOC(=O)C1=C(CN2CCO[C@H](CC(C)C=O)C2)NC(c2nccs2)=NC1. The monoisotopic (exact) mass is 406 g/mol.